The van der Waals surface area contributed by atoms with Gasteiger partial charge in [0.1, 0.15) is 12.2 Å². The molecule has 48 valence electrons. The number of nitrogens with one attached hydrogen (secondary N) is 1. The van der Waals surface area contributed by atoms with Crippen LogP contribution in [-0.2, 0) is 0 Å². The molecule has 4 heteroatoms. The van der Waals surface area contributed by atoms with Crippen molar-refractivity contribution in [1.29, 1.82) is 0 Å². The van der Waals surface area contributed by atoms with E-state index in [1.165, 1.54) is 6.33 Å². The molecule has 0 saturated heterocycles. The van der Waals surface area contributed by atoms with E-state index in [9.17, 15) is 0 Å². The molecule has 0 radical (unpaired) electrons. The number of hydrogen-bond acceptors (Lipinski definition) is 2. The van der Waals surface area contributed by atoms with E-state index in [0.29, 0.717) is 5.88 Å². The van der Waals surface area contributed by atoms with Crippen LogP contribution in [0.2, 0.25) is 0 Å². The molecule has 0 atom stereocenters. The minimum Gasteiger partial charge on any atom is -0.260 e. The summed E-state index contributed by atoms with van der Waals surface area (Å²) in [7, 11) is 0. The summed E-state index contributed by atoms with van der Waals surface area (Å²) in [4.78, 5) is 3.84. The van der Waals surface area contributed by atoms with E-state index in [4.69, 9.17) is 11.6 Å². The second-order valence-electron chi connectivity index (χ2n) is 1.43. The van der Waals surface area contributed by atoms with Gasteiger partial charge in [0.05, 0.1) is 0 Å². The lowest BCUT2D eigenvalue weighted by atomic mass is 10.5. The molecule has 0 aromatic carbocycles. The molecule has 1 N–H and O–H groups in total. The summed E-state index contributed by atoms with van der Waals surface area (Å²) < 4.78 is 0. The van der Waals surface area contributed by atoms with Crippen molar-refractivity contribution in [3.8, 4) is 0 Å². The van der Waals surface area contributed by atoms with Crippen molar-refractivity contribution in [2.24, 2.45) is 0 Å². The van der Waals surface area contributed by atoms with Crippen molar-refractivity contribution in [2.75, 3.05) is 5.88 Å². The molecule has 1 rings (SSSR count). The van der Waals surface area contributed by atoms with Crippen molar-refractivity contribution >= 4 is 17.7 Å². The first kappa shape index (κ1) is 6.29. The van der Waals surface area contributed by atoms with Crippen LogP contribution >= 0.6 is 11.6 Å². The molecule has 0 fully saturated rings. The fourth-order valence-corrected chi connectivity index (χ4v) is 0.541. The predicted octanol–water partition coefficient (Wildman–Crippen LogP) is 1.06. The van der Waals surface area contributed by atoms with Crippen LogP contribution in [0.25, 0.3) is 6.08 Å². The van der Waals surface area contributed by atoms with Gasteiger partial charge in [-0.15, -0.1) is 11.6 Å². The molecule has 0 amide bonds. The molecule has 1 aromatic rings. The van der Waals surface area contributed by atoms with Crippen molar-refractivity contribution in [1.82, 2.24) is 15.2 Å². The van der Waals surface area contributed by atoms with Crippen molar-refractivity contribution in [3.63, 3.8) is 0 Å². The number of halogens is 1. The summed E-state index contributed by atoms with van der Waals surface area (Å²) >= 11 is 5.37. The molecule has 1 heterocycles. The van der Waals surface area contributed by atoms with E-state index in [0.717, 1.165) is 5.82 Å². The van der Waals surface area contributed by atoms with E-state index in [1.54, 1.807) is 12.2 Å². The van der Waals surface area contributed by atoms with Gasteiger partial charge in [-0.3, -0.25) is 5.10 Å². The van der Waals surface area contributed by atoms with Gasteiger partial charge in [0, 0.05) is 5.88 Å². The average molecular weight is 144 g/mol. The van der Waals surface area contributed by atoms with E-state index in [-0.39, 0.29) is 0 Å². The number of allylic oxidation sites excluding steroid dienone is 1. The summed E-state index contributed by atoms with van der Waals surface area (Å²) in [6.45, 7) is 0. The zero-order chi connectivity index (χ0) is 6.53. The SMILES string of the molecule is ClCC=Cc1ncn[nH]1. The fraction of sp³-hybridized carbons (Fsp3) is 0.200. The Hall–Kier alpha value is -0.830. The van der Waals surface area contributed by atoms with E-state index in [1.807, 2.05) is 0 Å². The molecule has 0 aliphatic carbocycles. The Morgan fingerprint density at radius 3 is 3.22 bits per heavy atom. The molecule has 9 heavy (non-hydrogen) atoms. The molecule has 0 aliphatic heterocycles. The molecule has 0 aliphatic rings. The second kappa shape index (κ2) is 3.25. The average Bonchev–Trinajstić information content (AvgIpc) is 2.34. The molecule has 0 bridgehead atoms. The maximum Gasteiger partial charge on any atom is 0.147 e. The van der Waals surface area contributed by atoms with Crippen LogP contribution in [0.1, 0.15) is 5.82 Å². The molecular formula is C5H6ClN3. The van der Waals surface area contributed by atoms with Gasteiger partial charge in [0.25, 0.3) is 0 Å². The minimum atomic E-state index is 0.501. The normalized spacial score (nSPS) is 10.8. The number of hydrogen-bond donors (Lipinski definition) is 1. The fourth-order valence-electron chi connectivity index (χ4n) is 0.451. The zero-order valence-corrected chi connectivity index (χ0v) is 5.47. The maximum atomic E-state index is 5.37. The van der Waals surface area contributed by atoms with Gasteiger partial charge in [0.15, 0.2) is 0 Å². The summed E-state index contributed by atoms with van der Waals surface area (Å²) in [5.41, 5.74) is 0. The third-order valence-electron chi connectivity index (χ3n) is 0.798. The maximum absolute atomic E-state index is 5.37. The number of nitrogens with zero attached hydrogens (tertiary/aromatic N) is 2. The van der Waals surface area contributed by atoms with Crippen LogP contribution in [0, 0.1) is 0 Å². The summed E-state index contributed by atoms with van der Waals surface area (Å²) in [6, 6.07) is 0. The van der Waals surface area contributed by atoms with Gasteiger partial charge in [0.2, 0.25) is 0 Å². The van der Waals surface area contributed by atoms with Gasteiger partial charge >= 0.3 is 0 Å². The van der Waals surface area contributed by atoms with Crippen LogP contribution in [0.15, 0.2) is 12.4 Å². The highest BCUT2D eigenvalue weighted by molar-refractivity contribution is 6.19. The third kappa shape index (κ3) is 1.85. The van der Waals surface area contributed by atoms with Crippen LogP contribution in [0.5, 0.6) is 0 Å². The first-order valence-corrected chi connectivity index (χ1v) is 3.05. The highest BCUT2D eigenvalue weighted by Crippen LogP contribution is 1.89. The molecule has 3 nitrogen and oxygen atoms in total. The summed E-state index contributed by atoms with van der Waals surface area (Å²) in [6.07, 6.45) is 5.02. The molecule has 1 aromatic heterocycles. The highest BCUT2D eigenvalue weighted by Gasteiger charge is 1.83. The van der Waals surface area contributed by atoms with Gasteiger partial charge in [-0.2, -0.15) is 5.10 Å². The monoisotopic (exact) mass is 143 g/mol. The number of rotatable bonds is 2. The van der Waals surface area contributed by atoms with Crippen LogP contribution < -0.4 is 0 Å². The lowest BCUT2D eigenvalue weighted by molar-refractivity contribution is 1.08. The summed E-state index contributed by atoms with van der Waals surface area (Å²) in [5, 5.41) is 6.31. The van der Waals surface area contributed by atoms with Gasteiger partial charge < -0.3 is 0 Å². The number of aromatic nitrogens is 3. The standard InChI is InChI=1S/C5H6ClN3/c6-3-1-2-5-7-4-8-9-5/h1-2,4H,3H2,(H,7,8,9). The van der Waals surface area contributed by atoms with Crippen LogP contribution in [0.4, 0.5) is 0 Å². The smallest absolute Gasteiger partial charge is 0.147 e. The highest BCUT2D eigenvalue weighted by atomic mass is 35.5. The number of alkyl halides is 1. The van der Waals surface area contributed by atoms with Gasteiger partial charge in [-0.05, 0) is 6.08 Å². The van der Waals surface area contributed by atoms with Gasteiger partial charge in [-0.1, -0.05) is 6.08 Å². The first-order chi connectivity index (χ1) is 4.43. The van der Waals surface area contributed by atoms with Crippen molar-refractivity contribution < 1.29 is 0 Å². The van der Waals surface area contributed by atoms with Crippen LogP contribution in [0.3, 0.4) is 0 Å². The van der Waals surface area contributed by atoms with Crippen molar-refractivity contribution in [2.45, 2.75) is 0 Å². The number of H-pyrrole nitrogens is 1. The topological polar surface area (TPSA) is 41.6 Å². The molecule has 0 spiro atoms. The molecule has 0 unspecified atom stereocenters. The van der Waals surface area contributed by atoms with E-state index >= 15 is 0 Å². The lowest BCUT2D eigenvalue weighted by Crippen LogP contribution is -1.73. The summed E-state index contributed by atoms with van der Waals surface area (Å²) in [5.74, 6) is 1.23. The quantitative estimate of drug-likeness (QED) is 0.629. The Bertz CT molecular complexity index is 180. The van der Waals surface area contributed by atoms with Crippen molar-refractivity contribution in [3.05, 3.63) is 18.2 Å². The Labute approximate surface area is 57.8 Å². The zero-order valence-electron chi connectivity index (χ0n) is 4.71. The van der Waals surface area contributed by atoms with E-state index < -0.39 is 0 Å². The van der Waals surface area contributed by atoms with Gasteiger partial charge in [-0.25, -0.2) is 4.98 Å². The first-order valence-electron chi connectivity index (χ1n) is 2.51. The van der Waals surface area contributed by atoms with E-state index in [2.05, 4.69) is 15.2 Å². The predicted molar refractivity (Wildman–Crippen MR) is 36.1 cm³/mol. The number of aromatic amines is 1. The lowest BCUT2D eigenvalue weighted by Gasteiger charge is -1.77. The van der Waals surface area contributed by atoms with Crippen LogP contribution in [-0.4, -0.2) is 21.1 Å². The Balaban J connectivity index is 2.57. The molecular weight excluding hydrogens is 138 g/mol. The molecule has 0 saturated carbocycles. The Kier molecular flexibility index (Phi) is 2.27. The second-order valence-corrected chi connectivity index (χ2v) is 1.74. The Morgan fingerprint density at radius 2 is 2.67 bits per heavy atom. The largest absolute Gasteiger partial charge is 0.260 e. The third-order valence-corrected chi connectivity index (χ3v) is 0.977. The Morgan fingerprint density at radius 1 is 1.78 bits per heavy atom. The minimum absolute atomic E-state index is 0.501.